The van der Waals surface area contributed by atoms with Crippen LogP contribution in [0.25, 0.3) is 0 Å². The summed E-state index contributed by atoms with van der Waals surface area (Å²) in [5.41, 5.74) is 2.17. The highest BCUT2D eigenvalue weighted by Crippen LogP contribution is 2.31. The molecule has 2 rings (SSSR count). The predicted octanol–water partition coefficient (Wildman–Crippen LogP) is 1.92. The Bertz CT molecular complexity index is 415. The summed E-state index contributed by atoms with van der Waals surface area (Å²) >= 11 is 0. The van der Waals surface area contributed by atoms with Gasteiger partial charge < -0.3 is 15.1 Å². The molecule has 1 aromatic carbocycles. The molecule has 6 heteroatoms. The molecule has 0 saturated heterocycles. The van der Waals surface area contributed by atoms with Crippen LogP contribution in [0.2, 0.25) is 0 Å². The maximum absolute atomic E-state index is 12.1. The van der Waals surface area contributed by atoms with Crippen LogP contribution in [0.3, 0.4) is 0 Å². The second kappa shape index (κ2) is 8.25. The normalized spacial score (nSPS) is 13.2. The molecule has 108 valence electrons. The van der Waals surface area contributed by atoms with Gasteiger partial charge in [-0.1, -0.05) is 12.1 Å². The van der Waals surface area contributed by atoms with Gasteiger partial charge >= 0.3 is 0 Å². The minimum Gasteiger partial charge on any atom is -0.371 e. The molecular formula is C13H21Cl2N3O. The SMILES string of the molecule is CNCCC(=O)N1CCN(C)c2ccccc21.Cl.Cl. The Hall–Kier alpha value is -0.970. The third kappa shape index (κ3) is 4.00. The Balaban J connectivity index is 0.00000162. The highest BCUT2D eigenvalue weighted by Gasteiger charge is 2.23. The number of anilines is 2. The van der Waals surface area contributed by atoms with Crippen LogP contribution in [0.1, 0.15) is 6.42 Å². The summed E-state index contributed by atoms with van der Waals surface area (Å²) in [4.78, 5) is 16.2. The smallest absolute Gasteiger partial charge is 0.228 e. The van der Waals surface area contributed by atoms with Gasteiger partial charge in [0.1, 0.15) is 0 Å². The highest BCUT2D eigenvalue weighted by molar-refractivity contribution is 5.97. The molecule has 0 saturated carbocycles. The molecule has 0 radical (unpaired) electrons. The first-order valence-electron chi connectivity index (χ1n) is 5.99. The van der Waals surface area contributed by atoms with Crippen LogP contribution in [0.4, 0.5) is 11.4 Å². The van der Waals surface area contributed by atoms with Crippen LogP contribution in [-0.4, -0.2) is 39.6 Å². The molecule has 4 nitrogen and oxygen atoms in total. The van der Waals surface area contributed by atoms with Crippen LogP contribution in [-0.2, 0) is 4.79 Å². The standard InChI is InChI=1S/C13H19N3O.2ClH/c1-14-8-7-13(17)16-10-9-15(2)11-5-3-4-6-12(11)16;;/h3-6,14H,7-10H2,1-2H3;2*1H. The van der Waals surface area contributed by atoms with E-state index in [4.69, 9.17) is 0 Å². The molecule has 0 atom stereocenters. The van der Waals surface area contributed by atoms with Crippen LogP contribution >= 0.6 is 24.8 Å². The van der Waals surface area contributed by atoms with Crippen molar-refractivity contribution in [2.45, 2.75) is 6.42 Å². The lowest BCUT2D eigenvalue weighted by molar-refractivity contribution is -0.118. The maximum atomic E-state index is 12.1. The zero-order chi connectivity index (χ0) is 12.3. The number of fused-ring (bicyclic) bond motifs is 1. The molecule has 1 heterocycles. The summed E-state index contributed by atoms with van der Waals surface area (Å²) < 4.78 is 0. The first-order chi connectivity index (χ1) is 8.24. The van der Waals surface area contributed by atoms with E-state index in [-0.39, 0.29) is 30.7 Å². The molecule has 0 spiro atoms. The van der Waals surface area contributed by atoms with Gasteiger partial charge in [-0.3, -0.25) is 4.79 Å². The number of nitrogens with one attached hydrogen (secondary N) is 1. The third-order valence-corrected chi connectivity index (χ3v) is 3.13. The summed E-state index contributed by atoms with van der Waals surface area (Å²) in [6.45, 7) is 2.39. The number of halogens is 2. The fourth-order valence-corrected chi connectivity index (χ4v) is 2.13. The first kappa shape index (κ1) is 18.0. The van der Waals surface area contributed by atoms with Gasteiger partial charge in [0.2, 0.25) is 5.91 Å². The van der Waals surface area contributed by atoms with Gasteiger partial charge in [0.05, 0.1) is 11.4 Å². The number of amides is 1. The van der Waals surface area contributed by atoms with Crippen molar-refractivity contribution in [2.24, 2.45) is 0 Å². The van der Waals surface area contributed by atoms with E-state index in [1.54, 1.807) is 0 Å². The van der Waals surface area contributed by atoms with E-state index >= 15 is 0 Å². The van der Waals surface area contributed by atoms with E-state index in [0.717, 1.165) is 31.0 Å². The van der Waals surface area contributed by atoms with Crippen molar-refractivity contribution in [1.29, 1.82) is 0 Å². The van der Waals surface area contributed by atoms with E-state index in [2.05, 4.69) is 23.3 Å². The third-order valence-electron chi connectivity index (χ3n) is 3.13. The van der Waals surface area contributed by atoms with Gasteiger partial charge in [0.25, 0.3) is 0 Å². The predicted molar refractivity (Wildman–Crippen MR) is 85.1 cm³/mol. The topological polar surface area (TPSA) is 35.6 Å². The Morgan fingerprint density at radius 1 is 1.21 bits per heavy atom. The summed E-state index contributed by atoms with van der Waals surface area (Å²) in [5.74, 6) is 0.194. The molecule has 1 aromatic rings. The number of likely N-dealkylation sites (N-methyl/N-ethyl adjacent to an activating group) is 1. The van der Waals surface area contributed by atoms with Crippen molar-refractivity contribution in [1.82, 2.24) is 5.32 Å². The molecule has 0 aliphatic carbocycles. The Labute approximate surface area is 127 Å². The lowest BCUT2D eigenvalue weighted by Gasteiger charge is -2.35. The number of benzene rings is 1. The molecule has 1 aliphatic heterocycles. The highest BCUT2D eigenvalue weighted by atomic mass is 35.5. The minimum absolute atomic E-state index is 0. The minimum atomic E-state index is 0. The van der Waals surface area contributed by atoms with Crippen molar-refractivity contribution in [3.8, 4) is 0 Å². The maximum Gasteiger partial charge on any atom is 0.228 e. The Kier molecular flexibility index (Phi) is 7.83. The second-order valence-corrected chi connectivity index (χ2v) is 4.31. The first-order valence-corrected chi connectivity index (χ1v) is 5.99. The van der Waals surface area contributed by atoms with Crippen LogP contribution in [0, 0.1) is 0 Å². The van der Waals surface area contributed by atoms with Crippen molar-refractivity contribution in [3.05, 3.63) is 24.3 Å². The lowest BCUT2D eigenvalue weighted by atomic mass is 10.1. The van der Waals surface area contributed by atoms with E-state index in [9.17, 15) is 4.79 Å². The molecule has 0 bridgehead atoms. The number of hydrogen-bond acceptors (Lipinski definition) is 3. The number of nitrogens with zero attached hydrogens (tertiary/aromatic N) is 2. The second-order valence-electron chi connectivity index (χ2n) is 4.31. The Morgan fingerprint density at radius 2 is 1.84 bits per heavy atom. The van der Waals surface area contributed by atoms with Crippen LogP contribution in [0.5, 0.6) is 0 Å². The van der Waals surface area contributed by atoms with Crippen LogP contribution < -0.4 is 15.1 Å². The zero-order valence-electron chi connectivity index (χ0n) is 11.3. The van der Waals surface area contributed by atoms with Gasteiger partial charge in [-0.25, -0.2) is 0 Å². The molecular weight excluding hydrogens is 285 g/mol. The monoisotopic (exact) mass is 305 g/mol. The number of rotatable bonds is 3. The molecule has 19 heavy (non-hydrogen) atoms. The zero-order valence-corrected chi connectivity index (χ0v) is 12.9. The summed E-state index contributed by atoms with van der Waals surface area (Å²) in [6, 6.07) is 8.07. The van der Waals surface area contributed by atoms with Crippen LogP contribution in [0.15, 0.2) is 24.3 Å². The molecule has 1 amide bonds. The number of carbonyl (C=O) groups is 1. The molecule has 0 fully saturated rings. The van der Waals surface area contributed by atoms with Gasteiger partial charge in [-0.05, 0) is 19.2 Å². The number of carbonyl (C=O) groups excluding carboxylic acids is 1. The van der Waals surface area contributed by atoms with Gasteiger partial charge in [0.15, 0.2) is 0 Å². The van der Waals surface area contributed by atoms with E-state index in [1.165, 1.54) is 0 Å². The fraction of sp³-hybridized carbons (Fsp3) is 0.462. The van der Waals surface area contributed by atoms with Gasteiger partial charge in [-0.2, -0.15) is 0 Å². The summed E-state index contributed by atoms with van der Waals surface area (Å²) in [7, 11) is 3.93. The van der Waals surface area contributed by atoms with Crippen molar-refractivity contribution in [3.63, 3.8) is 0 Å². The van der Waals surface area contributed by atoms with E-state index in [1.807, 2.05) is 30.1 Å². The number of para-hydroxylation sites is 2. The average molecular weight is 306 g/mol. The Morgan fingerprint density at radius 3 is 2.47 bits per heavy atom. The molecule has 1 aliphatic rings. The number of hydrogen-bond donors (Lipinski definition) is 1. The van der Waals surface area contributed by atoms with E-state index in [0.29, 0.717) is 6.42 Å². The van der Waals surface area contributed by atoms with Gasteiger partial charge in [-0.15, -0.1) is 24.8 Å². The van der Waals surface area contributed by atoms with Crippen molar-refractivity contribution >= 4 is 42.1 Å². The average Bonchev–Trinajstić information content (AvgIpc) is 2.37. The molecule has 0 aromatic heterocycles. The largest absolute Gasteiger partial charge is 0.371 e. The van der Waals surface area contributed by atoms with E-state index < -0.39 is 0 Å². The summed E-state index contributed by atoms with van der Waals surface area (Å²) in [6.07, 6.45) is 0.550. The molecule has 0 unspecified atom stereocenters. The van der Waals surface area contributed by atoms with Crippen molar-refractivity contribution < 1.29 is 4.79 Å². The fourth-order valence-electron chi connectivity index (χ4n) is 2.13. The van der Waals surface area contributed by atoms with Gasteiger partial charge in [0, 0.05) is 33.1 Å². The summed E-state index contributed by atoms with van der Waals surface area (Å²) in [5, 5.41) is 3.01. The lowest BCUT2D eigenvalue weighted by Crippen LogP contribution is -2.43. The van der Waals surface area contributed by atoms with Crippen molar-refractivity contribution in [2.75, 3.05) is 43.5 Å². The quantitative estimate of drug-likeness (QED) is 0.927. The molecule has 1 N–H and O–H groups in total.